The third-order valence-electron chi connectivity index (χ3n) is 5.39. The third kappa shape index (κ3) is 3.02. The van der Waals surface area contributed by atoms with Crippen LogP contribution in [0.2, 0.25) is 0 Å². The number of carbonyl (C=O) groups is 1. The molecule has 0 atom stereocenters. The van der Waals surface area contributed by atoms with E-state index in [1.165, 1.54) is 0 Å². The van der Waals surface area contributed by atoms with Gasteiger partial charge < -0.3 is 10.5 Å². The van der Waals surface area contributed by atoms with Crippen molar-refractivity contribution in [2.45, 2.75) is 6.92 Å². The summed E-state index contributed by atoms with van der Waals surface area (Å²) < 4.78 is 7.23. The standard InChI is InChI=1S/C26H21N3O2/c1-2-31-26(30)21-19-15-9-10-16-20(19)25-28-22(17-11-5-3-6-12-17)23(29(25)24(21)27)18-13-7-4-8-14-18/h3-16H,2,27H2,1H3. The van der Waals surface area contributed by atoms with Crippen LogP contribution in [0.3, 0.4) is 0 Å². The van der Waals surface area contributed by atoms with Gasteiger partial charge in [0.1, 0.15) is 17.0 Å². The molecule has 0 saturated carbocycles. The highest BCUT2D eigenvalue weighted by molar-refractivity contribution is 6.13. The van der Waals surface area contributed by atoms with Crippen molar-refractivity contribution in [2.24, 2.45) is 0 Å². The maximum atomic E-state index is 12.9. The van der Waals surface area contributed by atoms with Crippen LogP contribution in [0.1, 0.15) is 17.3 Å². The van der Waals surface area contributed by atoms with Gasteiger partial charge in [-0.3, -0.25) is 4.40 Å². The largest absolute Gasteiger partial charge is 0.462 e. The molecule has 2 aromatic heterocycles. The van der Waals surface area contributed by atoms with Gasteiger partial charge in [-0.05, 0) is 6.92 Å². The Labute approximate surface area is 179 Å². The van der Waals surface area contributed by atoms with E-state index in [0.29, 0.717) is 17.0 Å². The van der Waals surface area contributed by atoms with Crippen LogP contribution in [-0.4, -0.2) is 22.0 Å². The minimum atomic E-state index is -0.438. The fraction of sp³-hybridized carbons (Fsp3) is 0.0769. The highest BCUT2D eigenvalue weighted by Crippen LogP contribution is 2.38. The van der Waals surface area contributed by atoms with E-state index in [1.807, 2.05) is 89.3 Å². The molecule has 5 aromatic rings. The molecule has 5 nitrogen and oxygen atoms in total. The molecule has 0 amide bonds. The average Bonchev–Trinajstić information content (AvgIpc) is 3.22. The summed E-state index contributed by atoms with van der Waals surface area (Å²) in [5, 5.41) is 1.58. The van der Waals surface area contributed by atoms with E-state index in [2.05, 4.69) is 0 Å². The number of pyridine rings is 1. The molecule has 152 valence electrons. The lowest BCUT2D eigenvalue weighted by Crippen LogP contribution is -2.13. The summed E-state index contributed by atoms with van der Waals surface area (Å²) in [7, 11) is 0. The van der Waals surface area contributed by atoms with Crippen molar-refractivity contribution in [3.05, 3.63) is 90.5 Å². The first-order chi connectivity index (χ1) is 15.2. The number of aromatic nitrogens is 2. The molecule has 2 N–H and O–H groups in total. The van der Waals surface area contributed by atoms with Gasteiger partial charge in [0.2, 0.25) is 0 Å². The van der Waals surface area contributed by atoms with Crippen LogP contribution in [-0.2, 0) is 4.74 Å². The lowest BCUT2D eigenvalue weighted by Gasteiger charge is -2.14. The number of imidazole rings is 1. The summed E-state index contributed by atoms with van der Waals surface area (Å²) in [6, 6.07) is 27.6. The second kappa shape index (κ2) is 7.61. The number of nitrogens with two attached hydrogens (primary N) is 1. The van der Waals surface area contributed by atoms with E-state index in [1.54, 1.807) is 6.92 Å². The number of carbonyl (C=O) groups excluding carboxylic acids is 1. The summed E-state index contributed by atoms with van der Waals surface area (Å²) in [5.74, 6) is -0.118. The van der Waals surface area contributed by atoms with Gasteiger partial charge in [-0.25, -0.2) is 9.78 Å². The average molecular weight is 407 g/mol. The first kappa shape index (κ1) is 18.9. The predicted octanol–water partition coefficient (Wildman–Crippen LogP) is 5.58. The van der Waals surface area contributed by atoms with Gasteiger partial charge in [-0.15, -0.1) is 0 Å². The van der Waals surface area contributed by atoms with Gasteiger partial charge in [0, 0.05) is 21.9 Å². The van der Waals surface area contributed by atoms with Gasteiger partial charge in [-0.1, -0.05) is 84.9 Å². The maximum absolute atomic E-state index is 12.9. The molecule has 0 spiro atoms. The zero-order chi connectivity index (χ0) is 21.4. The highest BCUT2D eigenvalue weighted by atomic mass is 16.5. The molecular weight excluding hydrogens is 386 g/mol. The topological polar surface area (TPSA) is 69.6 Å². The van der Waals surface area contributed by atoms with Crippen LogP contribution in [0.15, 0.2) is 84.9 Å². The molecule has 0 radical (unpaired) electrons. The molecule has 0 saturated heterocycles. The molecule has 2 heterocycles. The van der Waals surface area contributed by atoms with Crippen molar-refractivity contribution in [2.75, 3.05) is 12.3 Å². The van der Waals surface area contributed by atoms with Crippen molar-refractivity contribution < 1.29 is 9.53 Å². The second-order valence-electron chi connectivity index (χ2n) is 7.23. The minimum Gasteiger partial charge on any atom is -0.462 e. The van der Waals surface area contributed by atoms with Crippen molar-refractivity contribution in [3.63, 3.8) is 0 Å². The Balaban J connectivity index is 1.98. The van der Waals surface area contributed by atoms with Gasteiger partial charge in [0.05, 0.1) is 18.0 Å². The normalized spacial score (nSPS) is 11.1. The Morgan fingerprint density at radius 1 is 0.871 bits per heavy atom. The summed E-state index contributed by atoms with van der Waals surface area (Å²) >= 11 is 0. The Hall–Kier alpha value is -4.12. The Morgan fingerprint density at radius 2 is 1.45 bits per heavy atom. The predicted molar refractivity (Wildman–Crippen MR) is 124 cm³/mol. The first-order valence-corrected chi connectivity index (χ1v) is 10.2. The molecular formula is C26H21N3O2. The number of hydrogen-bond acceptors (Lipinski definition) is 4. The number of ether oxygens (including phenoxy) is 1. The van der Waals surface area contributed by atoms with E-state index < -0.39 is 5.97 Å². The Kier molecular flexibility index (Phi) is 4.64. The number of rotatable bonds is 4. The Bertz CT molecular complexity index is 1410. The van der Waals surface area contributed by atoms with Gasteiger partial charge >= 0.3 is 5.97 Å². The third-order valence-corrected chi connectivity index (χ3v) is 5.39. The van der Waals surface area contributed by atoms with Gasteiger partial charge in [0.25, 0.3) is 0 Å². The molecule has 5 heteroatoms. The van der Waals surface area contributed by atoms with Gasteiger partial charge in [0.15, 0.2) is 0 Å². The number of anilines is 1. The van der Waals surface area contributed by atoms with Gasteiger partial charge in [-0.2, -0.15) is 0 Å². The van der Waals surface area contributed by atoms with E-state index in [9.17, 15) is 4.79 Å². The van der Waals surface area contributed by atoms with Crippen LogP contribution in [0, 0.1) is 0 Å². The van der Waals surface area contributed by atoms with E-state index in [0.717, 1.165) is 33.3 Å². The fourth-order valence-corrected chi connectivity index (χ4v) is 4.06. The van der Waals surface area contributed by atoms with Crippen LogP contribution < -0.4 is 5.73 Å². The lowest BCUT2D eigenvalue weighted by atomic mass is 10.0. The quantitative estimate of drug-likeness (QED) is 0.395. The minimum absolute atomic E-state index is 0.273. The molecule has 5 rings (SSSR count). The molecule has 0 bridgehead atoms. The van der Waals surface area contributed by atoms with Crippen LogP contribution in [0.25, 0.3) is 38.9 Å². The maximum Gasteiger partial charge on any atom is 0.342 e. The number of benzene rings is 3. The Morgan fingerprint density at radius 3 is 2.10 bits per heavy atom. The summed E-state index contributed by atoms with van der Waals surface area (Å²) in [6.45, 7) is 2.06. The number of esters is 1. The second-order valence-corrected chi connectivity index (χ2v) is 7.23. The van der Waals surface area contributed by atoms with Crippen LogP contribution in [0.5, 0.6) is 0 Å². The van der Waals surface area contributed by atoms with Crippen LogP contribution >= 0.6 is 0 Å². The molecule has 0 aliphatic rings. The van der Waals surface area contributed by atoms with Crippen molar-refractivity contribution in [3.8, 4) is 22.5 Å². The molecule has 31 heavy (non-hydrogen) atoms. The molecule has 3 aromatic carbocycles. The summed E-state index contributed by atoms with van der Waals surface area (Å²) in [4.78, 5) is 17.9. The summed E-state index contributed by atoms with van der Waals surface area (Å²) in [6.07, 6.45) is 0. The SMILES string of the molecule is CCOC(=O)c1c(N)n2c(-c3ccccc3)c(-c3ccccc3)nc2c2ccccc12. The zero-order valence-electron chi connectivity index (χ0n) is 17.1. The first-order valence-electron chi connectivity index (χ1n) is 10.2. The van der Waals surface area contributed by atoms with E-state index in [4.69, 9.17) is 15.5 Å². The number of hydrogen-bond donors (Lipinski definition) is 1. The van der Waals surface area contributed by atoms with Crippen molar-refractivity contribution >= 4 is 28.2 Å². The van der Waals surface area contributed by atoms with Crippen molar-refractivity contribution in [1.82, 2.24) is 9.38 Å². The summed E-state index contributed by atoms with van der Waals surface area (Å²) in [5.41, 5.74) is 11.3. The van der Waals surface area contributed by atoms with Crippen molar-refractivity contribution in [1.29, 1.82) is 0 Å². The molecule has 0 unspecified atom stereocenters. The smallest absolute Gasteiger partial charge is 0.342 e. The highest BCUT2D eigenvalue weighted by Gasteiger charge is 2.25. The number of nitrogens with zero attached hydrogens (tertiary/aromatic N) is 2. The molecule has 0 aliphatic heterocycles. The lowest BCUT2D eigenvalue weighted by molar-refractivity contribution is 0.0529. The van der Waals surface area contributed by atoms with E-state index in [-0.39, 0.29) is 6.61 Å². The monoisotopic (exact) mass is 407 g/mol. The molecule has 0 fully saturated rings. The van der Waals surface area contributed by atoms with E-state index >= 15 is 0 Å². The number of nitrogen functional groups attached to an aromatic ring is 1. The fourth-order valence-electron chi connectivity index (χ4n) is 4.06. The molecule has 0 aliphatic carbocycles. The number of fused-ring (bicyclic) bond motifs is 3. The zero-order valence-corrected chi connectivity index (χ0v) is 17.1. The van der Waals surface area contributed by atoms with Crippen LogP contribution in [0.4, 0.5) is 5.82 Å².